The Morgan fingerprint density at radius 3 is 2.77 bits per heavy atom. The van der Waals surface area contributed by atoms with Crippen LogP contribution in [-0.2, 0) is 16.1 Å². The first-order valence-electron chi connectivity index (χ1n) is 9.40. The van der Waals surface area contributed by atoms with E-state index in [1.54, 1.807) is 48.5 Å². The third-order valence-corrected chi connectivity index (χ3v) is 5.45. The number of hydrogen-bond acceptors (Lipinski definition) is 3. The number of rotatable bonds is 5. The third kappa shape index (κ3) is 3.75. The van der Waals surface area contributed by atoms with Gasteiger partial charge in [0.25, 0.3) is 0 Å². The molecule has 1 aliphatic rings. The van der Waals surface area contributed by atoms with Crippen LogP contribution in [0.2, 0.25) is 5.02 Å². The van der Waals surface area contributed by atoms with Crippen molar-refractivity contribution < 1.29 is 18.4 Å². The van der Waals surface area contributed by atoms with Crippen molar-refractivity contribution in [3.63, 3.8) is 0 Å². The quantitative estimate of drug-likeness (QED) is 0.610. The Morgan fingerprint density at radius 2 is 2.03 bits per heavy atom. The van der Waals surface area contributed by atoms with Crippen LogP contribution in [-0.4, -0.2) is 39.9 Å². The van der Waals surface area contributed by atoms with Crippen LogP contribution >= 0.6 is 11.6 Å². The number of fused-ring (bicyclic) bond motifs is 1. The minimum Gasteiger partial charge on any atom is -0.338 e. The third-order valence-electron chi connectivity index (χ3n) is 5.21. The van der Waals surface area contributed by atoms with E-state index in [1.165, 1.54) is 16.8 Å². The molecule has 1 aromatic heterocycles. The molecular formula is C21H19ClF2N4O2. The Labute approximate surface area is 176 Å². The first kappa shape index (κ1) is 20.3. The van der Waals surface area contributed by atoms with Gasteiger partial charge in [-0.15, -0.1) is 0 Å². The number of alkyl halides is 2. The minimum absolute atomic E-state index is 0.0565. The molecule has 4 rings (SSSR count). The first-order valence-corrected chi connectivity index (χ1v) is 9.78. The minimum atomic E-state index is -2.78. The van der Waals surface area contributed by atoms with E-state index in [-0.39, 0.29) is 37.1 Å². The smallest absolute Gasteiger partial charge is 0.320 e. The normalized spacial score (nSPS) is 16.6. The monoisotopic (exact) mass is 432 g/mol. The van der Waals surface area contributed by atoms with Gasteiger partial charge in [0.15, 0.2) is 0 Å². The first-order chi connectivity index (χ1) is 14.3. The van der Waals surface area contributed by atoms with Crippen molar-refractivity contribution in [2.24, 2.45) is 5.92 Å². The van der Waals surface area contributed by atoms with E-state index >= 15 is 0 Å². The molecule has 0 aliphatic carbocycles. The maximum absolute atomic E-state index is 13.6. The maximum Gasteiger partial charge on any atom is 0.320 e. The molecule has 156 valence electrons. The van der Waals surface area contributed by atoms with Crippen LogP contribution in [0.3, 0.4) is 0 Å². The summed E-state index contributed by atoms with van der Waals surface area (Å²) in [4.78, 5) is 32.5. The lowest BCUT2D eigenvalue weighted by atomic mass is 10.1. The lowest BCUT2D eigenvalue weighted by molar-refractivity contribution is -0.135. The Hall–Kier alpha value is -3.00. The number of halogens is 3. The molecule has 1 aliphatic heterocycles. The number of imidazole rings is 1. The average Bonchev–Trinajstić information content (AvgIpc) is 3.27. The van der Waals surface area contributed by atoms with Crippen molar-refractivity contribution in [1.82, 2.24) is 14.5 Å². The summed E-state index contributed by atoms with van der Waals surface area (Å²) in [5.41, 5.74) is 1.38. The van der Waals surface area contributed by atoms with Crippen molar-refractivity contribution in [3.05, 3.63) is 59.4 Å². The highest BCUT2D eigenvalue weighted by molar-refractivity contribution is 6.31. The number of carbonyl (C=O) groups excluding carboxylic acids is 2. The van der Waals surface area contributed by atoms with Gasteiger partial charge >= 0.3 is 6.55 Å². The standard InChI is InChI=1S/C21H19ClF2N4O2/c1-26(12-18-25-16-7-2-3-8-17(16)28(18)21(23)24)20(30)13-9-19(29)27(11-13)15-6-4-5-14(22)10-15/h2-8,10,13,21H,9,11-12H2,1H3. The van der Waals surface area contributed by atoms with Gasteiger partial charge in [0, 0.05) is 30.7 Å². The van der Waals surface area contributed by atoms with Gasteiger partial charge in [0.05, 0.1) is 23.5 Å². The van der Waals surface area contributed by atoms with Crippen molar-refractivity contribution in [2.45, 2.75) is 19.5 Å². The molecule has 2 heterocycles. The Bertz CT molecular complexity index is 1120. The van der Waals surface area contributed by atoms with Crippen LogP contribution in [0.25, 0.3) is 11.0 Å². The average molecular weight is 433 g/mol. The molecule has 1 unspecified atom stereocenters. The zero-order chi connectivity index (χ0) is 21.4. The fourth-order valence-corrected chi connectivity index (χ4v) is 3.98. The van der Waals surface area contributed by atoms with E-state index in [0.717, 1.165) is 4.57 Å². The van der Waals surface area contributed by atoms with Gasteiger partial charge in [-0.25, -0.2) is 4.98 Å². The van der Waals surface area contributed by atoms with Gasteiger partial charge in [0.1, 0.15) is 5.82 Å². The molecule has 1 atom stereocenters. The summed E-state index contributed by atoms with van der Waals surface area (Å²) < 4.78 is 28.1. The van der Waals surface area contributed by atoms with E-state index in [0.29, 0.717) is 21.7 Å². The largest absolute Gasteiger partial charge is 0.338 e. The Morgan fingerprint density at radius 1 is 1.27 bits per heavy atom. The van der Waals surface area contributed by atoms with Crippen LogP contribution in [0.1, 0.15) is 18.8 Å². The molecule has 0 radical (unpaired) electrons. The fourth-order valence-electron chi connectivity index (χ4n) is 3.79. The van der Waals surface area contributed by atoms with Crippen LogP contribution in [0.4, 0.5) is 14.5 Å². The number of anilines is 1. The van der Waals surface area contributed by atoms with Crippen LogP contribution < -0.4 is 4.90 Å². The second kappa shape index (κ2) is 8.02. The summed E-state index contributed by atoms with van der Waals surface area (Å²) in [7, 11) is 1.53. The molecule has 9 heteroatoms. The lowest BCUT2D eigenvalue weighted by Gasteiger charge is -2.22. The van der Waals surface area contributed by atoms with E-state index in [1.807, 2.05) is 0 Å². The summed E-state index contributed by atoms with van der Waals surface area (Å²) >= 11 is 6.00. The molecule has 2 aromatic carbocycles. The number of carbonyl (C=O) groups is 2. The lowest BCUT2D eigenvalue weighted by Crippen LogP contribution is -2.35. The van der Waals surface area contributed by atoms with Gasteiger partial charge in [-0.1, -0.05) is 29.8 Å². The zero-order valence-electron chi connectivity index (χ0n) is 16.1. The number of para-hydroxylation sites is 2. The predicted molar refractivity (Wildman–Crippen MR) is 109 cm³/mol. The number of nitrogens with zero attached hydrogens (tertiary/aromatic N) is 4. The van der Waals surface area contributed by atoms with Crippen molar-refractivity contribution in [1.29, 1.82) is 0 Å². The Kier molecular flexibility index (Phi) is 5.42. The number of amides is 2. The highest BCUT2D eigenvalue weighted by Gasteiger charge is 2.37. The van der Waals surface area contributed by atoms with Crippen molar-refractivity contribution in [2.75, 3.05) is 18.5 Å². The van der Waals surface area contributed by atoms with Gasteiger partial charge in [0.2, 0.25) is 11.8 Å². The summed E-state index contributed by atoms with van der Waals surface area (Å²) in [6.07, 6.45) is 0.0565. The fraction of sp³-hybridized carbons (Fsp3) is 0.286. The zero-order valence-corrected chi connectivity index (χ0v) is 16.9. The molecule has 0 bridgehead atoms. The summed E-state index contributed by atoms with van der Waals surface area (Å²) in [6.45, 7) is -2.64. The molecule has 0 spiro atoms. The van der Waals surface area contributed by atoms with Crippen molar-refractivity contribution >= 4 is 40.1 Å². The van der Waals surface area contributed by atoms with E-state index in [2.05, 4.69) is 4.98 Å². The van der Waals surface area contributed by atoms with Crippen molar-refractivity contribution in [3.8, 4) is 0 Å². The van der Waals surface area contributed by atoms with E-state index in [4.69, 9.17) is 11.6 Å². The predicted octanol–water partition coefficient (Wildman–Crippen LogP) is 4.10. The maximum atomic E-state index is 13.6. The molecule has 0 saturated carbocycles. The summed E-state index contributed by atoms with van der Waals surface area (Å²) in [6, 6.07) is 13.5. The highest BCUT2D eigenvalue weighted by atomic mass is 35.5. The van der Waals surface area contributed by atoms with Gasteiger partial charge in [-0.3, -0.25) is 14.2 Å². The van der Waals surface area contributed by atoms with Gasteiger partial charge < -0.3 is 9.80 Å². The molecule has 3 aromatic rings. The number of aromatic nitrogens is 2. The summed E-state index contributed by atoms with van der Waals surface area (Å²) in [5.74, 6) is -0.937. The van der Waals surface area contributed by atoms with Crippen LogP contribution in [0, 0.1) is 5.92 Å². The van der Waals surface area contributed by atoms with Crippen LogP contribution in [0.5, 0.6) is 0 Å². The van der Waals surface area contributed by atoms with Crippen LogP contribution in [0.15, 0.2) is 48.5 Å². The SMILES string of the molecule is CN(Cc1nc2ccccc2n1C(F)F)C(=O)C1CC(=O)N(c2cccc(Cl)c2)C1. The number of hydrogen-bond donors (Lipinski definition) is 0. The molecule has 1 fully saturated rings. The second-order valence-corrected chi connectivity index (χ2v) is 7.68. The molecule has 2 amide bonds. The van der Waals surface area contributed by atoms with E-state index < -0.39 is 12.5 Å². The number of benzene rings is 2. The molecule has 6 nitrogen and oxygen atoms in total. The second-order valence-electron chi connectivity index (χ2n) is 7.24. The summed E-state index contributed by atoms with van der Waals surface area (Å²) in [5, 5.41) is 0.498. The van der Waals surface area contributed by atoms with E-state index in [9.17, 15) is 18.4 Å². The Balaban J connectivity index is 1.52. The molecule has 30 heavy (non-hydrogen) atoms. The highest BCUT2D eigenvalue weighted by Crippen LogP contribution is 2.29. The molecular weight excluding hydrogens is 414 g/mol. The van der Waals surface area contributed by atoms with Gasteiger partial charge in [-0.2, -0.15) is 8.78 Å². The topological polar surface area (TPSA) is 58.4 Å². The molecule has 1 saturated heterocycles. The molecule has 0 N–H and O–H groups in total. The van der Waals surface area contributed by atoms with Gasteiger partial charge in [-0.05, 0) is 30.3 Å².